The number of carbonyl (C=O) groups excluding carboxylic acids is 1. The lowest BCUT2D eigenvalue weighted by Gasteiger charge is -2.26. The number of amides is 1. The lowest BCUT2D eigenvalue weighted by atomic mass is 10.0. The fraction of sp³-hybridized carbons (Fsp3) is 0.273. The Hall–Kier alpha value is -4.07. The minimum absolute atomic E-state index is 0.0376. The molecule has 0 saturated heterocycles. The standard InChI is InChI=1S/C20H25N7OS.C2HF3O2/c21-19(22)25-8-5-13-1-3-16(4-2-13)26-18(28)17-11-15(12-29-17)14-6-9-27(10-7-14)20(23)24;3-2(4,5)1(6)7/h1-4,6,11-12H,5,7-10H2,(H3,23,24)(H,26,28)(H4,21,22,25);(H,6,7). The number of carboxylic acids is 1. The number of aliphatic carboxylic acids is 1. The second-order valence-electron chi connectivity index (χ2n) is 7.55. The van der Waals surface area contributed by atoms with E-state index in [1.165, 1.54) is 16.9 Å². The molecule has 36 heavy (non-hydrogen) atoms. The summed E-state index contributed by atoms with van der Waals surface area (Å²) in [4.78, 5) is 23.9. The van der Waals surface area contributed by atoms with Gasteiger partial charge in [0, 0.05) is 25.3 Å². The van der Waals surface area contributed by atoms with Gasteiger partial charge in [0.2, 0.25) is 0 Å². The van der Waals surface area contributed by atoms with Crippen molar-refractivity contribution in [3.8, 4) is 0 Å². The highest BCUT2D eigenvalue weighted by Crippen LogP contribution is 2.27. The van der Waals surface area contributed by atoms with E-state index in [0.717, 1.165) is 29.7 Å². The Morgan fingerprint density at radius 2 is 1.81 bits per heavy atom. The summed E-state index contributed by atoms with van der Waals surface area (Å²) in [6.07, 6.45) is -1.47. The summed E-state index contributed by atoms with van der Waals surface area (Å²) in [6, 6.07) is 9.55. The first-order valence-electron chi connectivity index (χ1n) is 10.5. The SMILES string of the molecule is N=C(N)NCCc1ccc(NC(=O)c2cc(C3=CCN(C(=N)N)CC3)cs2)cc1.O=C(O)C(F)(F)F. The zero-order valence-corrected chi connectivity index (χ0v) is 19.8. The molecule has 0 aliphatic carbocycles. The zero-order chi connectivity index (χ0) is 26.9. The van der Waals surface area contributed by atoms with E-state index < -0.39 is 12.1 Å². The molecule has 14 heteroatoms. The predicted octanol–water partition coefficient (Wildman–Crippen LogP) is 2.64. The highest BCUT2D eigenvalue weighted by atomic mass is 32.1. The second kappa shape index (κ2) is 12.6. The van der Waals surface area contributed by atoms with Crippen LogP contribution in [-0.4, -0.2) is 59.6 Å². The number of nitrogens with two attached hydrogens (primary N) is 2. The van der Waals surface area contributed by atoms with E-state index in [-0.39, 0.29) is 17.8 Å². The van der Waals surface area contributed by atoms with Gasteiger partial charge in [0.15, 0.2) is 11.9 Å². The number of anilines is 1. The molecular weight excluding hydrogens is 499 g/mol. The fourth-order valence-corrected chi connectivity index (χ4v) is 3.89. The molecule has 2 heterocycles. The van der Waals surface area contributed by atoms with Gasteiger partial charge in [-0.05, 0) is 53.1 Å². The third-order valence-corrected chi connectivity index (χ3v) is 5.86. The van der Waals surface area contributed by atoms with E-state index in [1.807, 2.05) is 40.6 Å². The van der Waals surface area contributed by atoms with E-state index in [1.54, 1.807) is 0 Å². The number of nitrogens with zero attached hydrogens (tertiary/aromatic N) is 1. The molecule has 3 rings (SSSR count). The molecule has 0 unspecified atom stereocenters. The Bertz CT molecular complexity index is 1130. The number of carbonyl (C=O) groups is 2. The van der Waals surface area contributed by atoms with Crippen molar-refractivity contribution < 1.29 is 27.9 Å². The molecule has 1 aromatic carbocycles. The van der Waals surface area contributed by atoms with E-state index in [2.05, 4.69) is 16.7 Å². The molecule has 1 aliphatic rings. The Morgan fingerprint density at radius 3 is 2.31 bits per heavy atom. The normalized spacial score (nSPS) is 13.1. The Balaban J connectivity index is 0.000000572. The predicted molar refractivity (Wildman–Crippen MR) is 132 cm³/mol. The Morgan fingerprint density at radius 1 is 1.17 bits per heavy atom. The van der Waals surface area contributed by atoms with Gasteiger partial charge in [-0.15, -0.1) is 11.3 Å². The quantitative estimate of drug-likeness (QED) is 0.223. The molecule has 9 N–H and O–H groups in total. The lowest BCUT2D eigenvalue weighted by Crippen LogP contribution is -2.39. The molecule has 0 bridgehead atoms. The van der Waals surface area contributed by atoms with Crippen LogP contribution in [-0.2, 0) is 11.2 Å². The Labute approximate surface area is 208 Å². The van der Waals surface area contributed by atoms with Crippen molar-refractivity contribution in [2.24, 2.45) is 11.5 Å². The first-order chi connectivity index (χ1) is 16.9. The molecule has 0 radical (unpaired) electrons. The minimum Gasteiger partial charge on any atom is -0.475 e. The first-order valence-corrected chi connectivity index (χ1v) is 11.4. The van der Waals surface area contributed by atoms with Gasteiger partial charge in [-0.25, -0.2) is 4.79 Å². The summed E-state index contributed by atoms with van der Waals surface area (Å²) in [5.74, 6) is -2.84. The summed E-state index contributed by atoms with van der Waals surface area (Å²) in [7, 11) is 0. The van der Waals surface area contributed by atoms with Gasteiger partial charge < -0.3 is 32.1 Å². The summed E-state index contributed by atoms with van der Waals surface area (Å²) in [5.41, 5.74) is 14.9. The van der Waals surface area contributed by atoms with Crippen molar-refractivity contribution in [3.05, 3.63) is 57.8 Å². The molecule has 0 spiro atoms. The number of alkyl halides is 3. The van der Waals surface area contributed by atoms with Crippen LogP contribution >= 0.6 is 11.3 Å². The minimum atomic E-state index is -5.08. The number of benzene rings is 1. The third kappa shape index (κ3) is 8.94. The average molecular weight is 526 g/mol. The number of nitrogens with one attached hydrogen (secondary N) is 4. The number of rotatable bonds is 6. The fourth-order valence-electron chi connectivity index (χ4n) is 3.06. The molecule has 2 aromatic rings. The number of carboxylic acid groups (broad SMARTS) is 1. The maximum absolute atomic E-state index is 12.6. The number of hydrogen-bond acceptors (Lipinski definition) is 5. The van der Waals surface area contributed by atoms with Crippen LogP contribution < -0.4 is 22.1 Å². The molecule has 1 aliphatic heterocycles. The molecular formula is C22H26F3N7O3S. The van der Waals surface area contributed by atoms with Crippen molar-refractivity contribution >= 4 is 46.4 Å². The molecule has 0 fully saturated rings. The van der Waals surface area contributed by atoms with Crippen LogP contribution in [0.3, 0.4) is 0 Å². The summed E-state index contributed by atoms with van der Waals surface area (Å²) < 4.78 is 31.7. The zero-order valence-electron chi connectivity index (χ0n) is 19.0. The van der Waals surface area contributed by atoms with Gasteiger partial charge in [-0.2, -0.15) is 13.2 Å². The smallest absolute Gasteiger partial charge is 0.475 e. The van der Waals surface area contributed by atoms with Gasteiger partial charge in [-0.1, -0.05) is 18.2 Å². The highest BCUT2D eigenvalue weighted by molar-refractivity contribution is 7.12. The highest BCUT2D eigenvalue weighted by Gasteiger charge is 2.38. The van der Waals surface area contributed by atoms with Crippen LogP contribution in [0.25, 0.3) is 5.57 Å². The van der Waals surface area contributed by atoms with Gasteiger partial charge in [0.05, 0.1) is 4.88 Å². The molecule has 194 valence electrons. The van der Waals surface area contributed by atoms with Crippen LogP contribution in [0.4, 0.5) is 18.9 Å². The molecule has 0 atom stereocenters. The largest absolute Gasteiger partial charge is 0.490 e. The third-order valence-electron chi connectivity index (χ3n) is 4.93. The summed E-state index contributed by atoms with van der Waals surface area (Å²) in [6.45, 7) is 1.93. The molecule has 10 nitrogen and oxygen atoms in total. The van der Waals surface area contributed by atoms with Gasteiger partial charge in [-0.3, -0.25) is 15.6 Å². The molecule has 1 amide bonds. The van der Waals surface area contributed by atoms with Gasteiger partial charge >= 0.3 is 12.1 Å². The van der Waals surface area contributed by atoms with Crippen molar-refractivity contribution in [3.63, 3.8) is 0 Å². The van der Waals surface area contributed by atoms with Crippen LogP contribution in [0, 0.1) is 10.8 Å². The monoisotopic (exact) mass is 525 g/mol. The van der Waals surface area contributed by atoms with E-state index >= 15 is 0 Å². The van der Waals surface area contributed by atoms with Crippen LogP contribution in [0.1, 0.15) is 27.2 Å². The number of halogens is 3. The second-order valence-corrected chi connectivity index (χ2v) is 8.47. The average Bonchev–Trinajstić information content (AvgIpc) is 3.30. The maximum Gasteiger partial charge on any atom is 0.490 e. The number of guanidine groups is 2. The number of hydrogen-bond donors (Lipinski definition) is 7. The first kappa shape index (κ1) is 28.2. The van der Waals surface area contributed by atoms with Gasteiger partial charge in [0.25, 0.3) is 5.91 Å². The van der Waals surface area contributed by atoms with Crippen molar-refractivity contribution in [1.29, 1.82) is 10.8 Å². The maximum atomic E-state index is 12.6. The molecule has 0 saturated carbocycles. The van der Waals surface area contributed by atoms with E-state index in [9.17, 15) is 18.0 Å². The topological polar surface area (TPSA) is 181 Å². The van der Waals surface area contributed by atoms with Crippen LogP contribution in [0.15, 0.2) is 41.8 Å². The Kier molecular flexibility index (Phi) is 9.84. The van der Waals surface area contributed by atoms with Gasteiger partial charge in [0.1, 0.15) is 0 Å². The summed E-state index contributed by atoms with van der Waals surface area (Å²) >= 11 is 1.42. The van der Waals surface area contributed by atoms with E-state index in [4.69, 9.17) is 32.2 Å². The van der Waals surface area contributed by atoms with Crippen LogP contribution in [0.2, 0.25) is 0 Å². The van der Waals surface area contributed by atoms with Crippen molar-refractivity contribution in [1.82, 2.24) is 10.2 Å². The van der Waals surface area contributed by atoms with Crippen molar-refractivity contribution in [2.75, 3.05) is 25.0 Å². The summed E-state index contributed by atoms with van der Waals surface area (Å²) in [5, 5.41) is 29.5. The van der Waals surface area contributed by atoms with E-state index in [0.29, 0.717) is 24.5 Å². The lowest BCUT2D eigenvalue weighted by molar-refractivity contribution is -0.192. The molecule has 1 aromatic heterocycles. The van der Waals surface area contributed by atoms with Crippen LogP contribution in [0.5, 0.6) is 0 Å². The number of thiophene rings is 1. The van der Waals surface area contributed by atoms with Crippen molar-refractivity contribution in [2.45, 2.75) is 19.0 Å².